The van der Waals surface area contributed by atoms with E-state index in [2.05, 4.69) is 54.5 Å². The molecule has 2 heteroatoms. The van der Waals surface area contributed by atoms with Crippen LogP contribution in [0.3, 0.4) is 0 Å². The Labute approximate surface area is 246 Å². The Morgan fingerprint density at radius 3 is 1.00 bits per heavy atom. The number of terminal acetylenes is 1. The average molecular weight is 541 g/mol. The minimum absolute atomic E-state index is 0.122. The molecule has 0 unspecified atom stereocenters. The monoisotopic (exact) mass is 540 g/mol. The Bertz CT molecular complexity index is 1750. The van der Waals surface area contributed by atoms with Crippen molar-refractivity contribution in [1.29, 1.82) is 0 Å². The molecular formula is C40H28O2. The van der Waals surface area contributed by atoms with Crippen molar-refractivity contribution in [3.63, 3.8) is 0 Å². The fourth-order valence-corrected chi connectivity index (χ4v) is 5.60. The second-order valence-electron chi connectivity index (χ2n) is 9.86. The lowest BCUT2D eigenvalue weighted by atomic mass is 9.75. The third kappa shape index (κ3) is 5.12. The summed E-state index contributed by atoms with van der Waals surface area (Å²) in [7, 11) is 0. The van der Waals surface area contributed by atoms with E-state index in [9.17, 15) is 4.79 Å². The van der Waals surface area contributed by atoms with E-state index in [-0.39, 0.29) is 6.61 Å². The highest BCUT2D eigenvalue weighted by Gasteiger charge is 2.31. The van der Waals surface area contributed by atoms with Gasteiger partial charge in [-0.1, -0.05) is 158 Å². The zero-order chi connectivity index (χ0) is 28.7. The topological polar surface area (TPSA) is 26.3 Å². The van der Waals surface area contributed by atoms with Crippen molar-refractivity contribution in [1.82, 2.24) is 0 Å². The van der Waals surface area contributed by atoms with Crippen molar-refractivity contribution in [2.75, 3.05) is 6.61 Å². The van der Waals surface area contributed by atoms with Gasteiger partial charge in [0.1, 0.15) is 0 Å². The van der Waals surface area contributed by atoms with Crippen LogP contribution in [-0.4, -0.2) is 12.6 Å². The summed E-state index contributed by atoms with van der Waals surface area (Å²) in [5, 5.41) is 0. The summed E-state index contributed by atoms with van der Waals surface area (Å²) < 4.78 is 5.75. The first-order chi connectivity index (χ1) is 20.8. The first kappa shape index (κ1) is 26.6. The maximum absolute atomic E-state index is 14.3. The van der Waals surface area contributed by atoms with Crippen LogP contribution in [0.1, 0.15) is 10.4 Å². The molecule has 6 aromatic carbocycles. The lowest BCUT2D eigenvalue weighted by molar-refractivity contribution is 0.0558. The van der Waals surface area contributed by atoms with Gasteiger partial charge in [0.05, 0.1) is 5.56 Å². The van der Waals surface area contributed by atoms with Crippen molar-refractivity contribution in [2.45, 2.75) is 0 Å². The Hall–Kier alpha value is -5.65. The second kappa shape index (κ2) is 12.3. The van der Waals surface area contributed by atoms with Crippen LogP contribution in [0, 0.1) is 12.3 Å². The largest absolute Gasteiger partial charge is 0.449 e. The minimum atomic E-state index is -0.459. The molecule has 0 amide bonds. The maximum Gasteiger partial charge on any atom is 0.340 e. The minimum Gasteiger partial charge on any atom is -0.449 e. The fraction of sp³-hybridized carbons (Fsp3) is 0.0250. The van der Waals surface area contributed by atoms with Crippen LogP contribution in [0.15, 0.2) is 152 Å². The van der Waals surface area contributed by atoms with Gasteiger partial charge in [0.15, 0.2) is 6.61 Å². The molecule has 0 aliphatic heterocycles. The van der Waals surface area contributed by atoms with Gasteiger partial charge in [-0.3, -0.25) is 0 Å². The molecule has 0 atom stereocenters. The Morgan fingerprint density at radius 1 is 0.452 bits per heavy atom. The number of benzene rings is 6. The molecule has 0 saturated carbocycles. The normalized spacial score (nSPS) is 10.5. The molecule has 0 fully saturated rings. The number of hydrogen-bond donors (Lipinski definition) is 0. The number of ether oxygens (including phenoxy) is 1. The van der Waals surface area contributed by atoms with Crippen molar-refractivity contribution in [2.24, 2.45) is 0 Å². The summed E-state index contributed by atoms with van der Waals surface area (Å²) in [4.78, 5) is 14.3. The highest BCUT2D eigenvalue weighted by Crippen LogP contribution is 2.52. The Balaban J connectivity index is 1.93. The van der Waals surface area contributed by atoms with Gasteiger partial charge in [0, 0.05) is 11.1 Å². The summed E-state index contributed by atoms with van der Waals surface area (Å²) in [6, 6.07) is 51.1. The molecule has 0 bridgehead atoms. The lowest BCUT2D eigenvalue weighted by Crippen LogP contribution is -2.12. The molecule has 6 aromatic rings. The van der Waals surface area contributed by atoms with Crippen LogP contribution >= 0.6 is 0 Å². The van der Waals surface area contributed by atoms with Gasteiger partial charge in [-0.25, -0.2) is 4.79 Å². The van der Waals surface area contributed by atoms with Crippen molar-refractivity contribution < 1.29 is 9.53 Å². The van der Waals surface area contributed by atoms with Crippen molar-refractivity contribution >= 4 is 5.97 Å². The number of esters is 1. The molecule has 6 rings (SSSR count). The fourth-order valence-electron chi connectivity index (χ4n) is 5.60. The average Bonchev–Trinajstić information content (AvgIpc) is 3.08. The predicted molar refractivity (Wildman–Crippen MR) is 173 cm³/mol. The third-order valence-electron chi connectivity index (χ3n) is 7.30. The maximum atomic E-state index is 14.3. The highest BCUT2D eigenvalue weighted by molar-refractivity contribution is 6.17. The van der Waals surface area contributed by atoms with E-state index >= 15 is 0 Å². The smallest absolute Gasteiger partial charge is 0.340 e. The van der Waals surface area contributed by atoms with Crippen LogP contribution in [0.2, 0.25) is 0 Å². The number of hydrogen-bond acceptors (Lipinski definition) is 2. The zero-order valence-electron chi connectivity index (χ0n) is 23.0. The van der Waals surface area contributed by atoms with Gasteiger partial charge in [0.25, 0.3) is 0 Å². The zero-order valence-corrected chi connectivity index (χ0v) is 23.0. The van der Waals surface area contributed by atoms with Gasteiger partial charge in [-0.05, 0) is 44.5 Å². The SMILES string of the molecule is C#CCOC(=O)c1c(-c2ccccc2)c(-c2ccccc2)c(-c2ccccc2)c(-c2ccccc2)c1-c1ccccc1. The summed E-state index contributed by atoms with van der Waals surface area (Å²) in [5.41, 5.74) is 9.93. The molecular weight excluding hydrogens is 512 g/mol. The second-order valence-corrected chi connectivity index (χ2v) is 9.86. The standard InChI is InChI=1S/C40H28O2/c1-2-28-42-40(41)39-37(32-24-14-6-15-25-32)35(30-20-10-4-11-21-30)34(29-18-8-3-9-19-29)36(31-22-12-5-13-23-31)38(39)33-26-16-7-17-27-33/h1,3-27H,28H2. The summed E-state index contributed by atoms with van der Waals surface area (Å²) in [5.74, 6) is 2.01. The first-order valence-electron chi connectivity index (χ1n) is 13.9. The van der Waals surface area contributed by atoms with Crippen LogP contribution in [-0.2, 0) is 4.74 Å². The van der Waals surface area contributed by atoms with Gasteiger partial charge in [-0.15, -0.1) is 6.42 Å². The summed E-state index contributed by atoms with van der Waals surface area (Å²) in [6.07, 6.45) is 5.57. The molecule has 200 valence electrons. The van der Waals surface area contributed by atoms with E-state index in [0.717, 1.165) is 55.6 Å². The van der Waals surface area contributed by atoms with E-state index in [1.54, 1.807) is 0 Å². The number of rotatable bonds is 7. The molecule has 0 aromatic heterocycles. The molecule has 0 radical (unpaired) electrons. The van der Waals surface area contributed by atoms with E-state index in [4.69, 9.17) is 11.2 Å². The van der Waals surface area contributed by atoms with Crippen LogP contribution in [0.5, 0.6) is 0 Å². The first-order valence-corrected chi connectivity index (χ1v) is 13.9. The Kier molecular flexibility index (Phi) is 7.75. The number of carbonyl (C=O) groups excluding carboxylic acids is 1. The van der Waals surface area contributed by atoms with Crippen LogP contribution < -0.4 is 0 Å². The summed E-state index contributed by atoms with van der Waals surface area (Å²) in [6.45, 7) is -0.122. The molecule has 0 spiro atoms. The van der Waals surface area contributed by atoms with Crippen molar-refractivity contribution in [3.8, 4) is 68.0 Å². The van der Waals surface area contributed by atoms with Gasteiger partial charge in [-0.2, -0.15) is 0 Å². The van der Waals surface area contributed by atoms with Crippen LogP contribution in [0.4, 0.5) is 0 Å². The Morgan fingerprint density at radius 2 is 0.714 bits per heavy atom. The van der Waals surface area contributed by atoms with E-state index in [0.29, 0.717) is 5.56 Å². The molecule has 0 N–H and O–H groups in total. The van der Waals surface area contributed by atoms with Crippen LogP contribution in [0.25, 0.3) is 55.6 Å². The van der Waals surface area contributed by atoms with Gasteiger partial charge in [0.2, 0.25) is 0 Å². The molecule has 2 nitrogen and oxygen atoms in total. The highest BCUT2D eigenvalue weighted by atomic mass is 16.5. The molecule has 0 aliphatic rings. The lowest BCUT2D eigenvalue weighted by Gasteiger charge is -2.27. The predicted octanol–water partition coefficient (Wildman–Crippen LogP) is 9.81. The van der Waals surface area contributed by atoms with Crippen molar-refractivity contribution in [3.05, 3.63) is 157 Å². The number of carbonyl (C=O) groups is 1. The van der Waals surface area contributed by atoms with Gasteiger partial charge < -0.3 is 4.74 Å². The van der Waals surface area contributed by atoms with Gasteiger partial charge >= 0.3 is 5.97 Å². The molecule has 0 aliphatic carbocycles. The third-order valence-corrected chi connectivity index (χ3v) is 7.30. The van der Waals surface area contributed by atoms with E-state index in [1.165, 1.54) is 0 Å². The molecule has 0 heterocycles. The quantitative estimate of drug-likeness (QED) is 0.149. The van der Waals surface area contributed by atoms with E-state index < -0.39 is 5.97 Å². The molecule has 0 saturated heterocycles. The van der Waals surface area contributed by atoms with E-state index in [1.807, 2.05) is 103 Å². The summed E-state index contributed by atoms with van der Waals surface area (Å²) >= 11 is 0. The molecule has 42 heavy (non-hydrogen) atoms.